The zero-order valence-electron chi connectivity index (χ0n) is 9.36. The monoisotopic (exact) mass is 214 g/mol. The van der Waals surface area contributed by atoms with Crippen molar-refractivity contribution < 1.29 is 14.7 Å². The van der Waals surface area contributed by atoms with Crippen molar-refractivity contribution in [1.29, 1.82) is 0 Å². The van der Waals surface area contributed by atoms with E-state index < -0.39 is 12.0 Å². The molecule has 0 aromatic rings. The molecule has 3 atom stereocenters. The van der Waals surface area contributed by atoms with Gasteiger partial charge in [0.15, 0.2) is 0 Å². The number of hydrogen-bond acceptors (Lipinski definition) is 2. The second kappa shape index (κ2) is 4.51. The number of nitrogens with zero attached hydrogens (tertiary/aromatic N) is 1. The maximum atomic E-state index is 11.5. The Morgan fingerprint density at radius 3 is 2.53 bits per heavy atom. The van der Waals surface area contributed by atoms with Crippen LogP contribution in [0, 0.1) is 11.8 Å². The number of nitrogens with one attached hydrogen (secondary N) is 1. The summed E-state index contributed by atoms with van der Waals surface area (Å²) in [7, 11) is 1.69. The van der Waals surface area contributed by atoms with Crippen LogP contribution in [0.4, 0.5) is 4.79 Å². The Labute approximate surface area is 89.4 Å². The summed E-state index contributed by atoms with van der Waals surface area (Å²) in [5.74, 6) is 0.259. The first-order valence-electron chi connectivity index (χ1n) is 5.16. The van der Waals surface area contributed by atoms with Crippen molar-refractivity contribution in [2.45, 2.75) is 26.3 Å². The zero-order valence-corrected chi connectivity index (χ0v) is 9.36. The van der Waals surface area contributed by atoms with Crippen molar-refractivity contribution in [3.05, 3.63) is 0 Å². The van der Waals surface area contributed by atoms with Gasteiger partial charge >= 0.3 is 12.0 Å². The number of rotatable bonds is 4. The Balaban J connectivity index is 2.29. The Morgan fingerprint density at radius 1 is 1.60 bits per heavy atom. The lowest BCUT2D eigenvalue weighted by Crippen LogP contribution is -2.45. The molecule has 1 rings (SSSR count). The van der Waals surface area contributed by atoms with Gasteiger partial charge in [-0.05, 0) is 25.2 Å². The number of hydrogen-bond donors (Lipinski definition) is 2. The molecule has 1 aliphatic rings. The van der Waals surface area contributed by atoms with Crippen LogP contribution in [0.3, 0.4) is 0 Å². The van der Waals surface area contributed by atoms with Gasteiger partial charge < -0.3 is 15.3 Å². The summed E-state index contributed by atoms with van der Waals surface area (Å²) < 4.78 is 0. The Bertz CT molecular complexity index is 267. The minimum Gasteiger partial charge on any atom is -0.480 e. The molecular formula is C10H18N2O3. The number of amides is 2. The highest BCUT2D eigenvalue weighted by Crippen LogP contribution is 2.37. The van der Waals surface area contributed by atoms with E-state index in [1.807, 2.05) is 0 Å². The predicted octanol–water partition coefficient (Wildman–Crippen LogP) is 0.757. The van der Waals surface area contributed by atoms with Crippen LogP contribution in [0.5, 0.6) is 0 Å². The minimum atomic E-state index is -1.02. The van der Waals surface area contributed by atoms with E-state index in [0.29, 0.717) is 18.4 Å². The molecule has 1 aliphatic carbocycles. The van der Waals surface area contributed by atoms with E-state index in [2.05, 4.69) is 12.2 Å². The van der Waals surface area contributed by atoms with Gasteiger partial charge in [0.1, 0.15) is 6.04 Å². The van der Waals surface area contributed by atoms with Crippen molar-refractivity contribution in [1.82, 2.24) is 10.2 Å². The van der Waals surface area contributed by atoms with E-state index in [1.54, 1.807) is 11.9 Å². The van der Waals surface area contributed by atoms with E-state index in [9.17, 15) is 9.59 Å². The van der Waals surface area contributed by atoms with Gasteiger partial charge in [-0.2, -0.15) is 0 Å². The SMILES string of the molecule is CC(NC(=O)N(C)CC1CC1C)C(=O)O. The molecule has 3 unspecified atom stereocenters. The highest BCUT2D eigenvalue weighted by molar-refractivity contribution is 5.82. The van der Waals surface area contributed by atoms with Crippen LogP contribution in [0.25, 0.3) is 0 Å². The van der Waals surface area contributed by atoms with Crippen molar-refractivity contribution in [3.63, 3.8) is 0 Å². The van der Waals surface area contributed by atoms with Crippen molar-refractivity contribution in [2.75, 3.05) is 13.6 Å². The van der Waals surface area contributed by atoms with Crippen LogP contribution in [-0.2, 0) is 4.79 Å². The normalized spacial score (nSPS) is 25.5. The lowest BCUT2D eigenvalue weighted by atomic mass is 10.3. The summed E-state index contributed by atoms with van der Waals surface area (Å²) in [5, 5.41) is 11.0. The van der Waals surface area contributed by atoms with Crippen molar-refractivity contribution >= 4 is 12.0 Å². The number of carbonyl (C=O) groups is 2. The maximum Gasteiger partial charge on any atom is 0.325 e. The number of carbonyl (C=O) groups excluding carboxylic acids is 1. The molecule has 0 radical (unpaired) electrons. The van der Waals surface area contributed by atoms with Crippen LogP contribution >= 0.6 is 0 Å². The summed E-state index contributed by atoms with van der Waals surface area (Å²) >= 11 is 0. The topological polar surface area (TPSA) is 69.6 Å². The van der Waals surface area contributed by atoms with Crippen LogP contribution in [0.1, 0.15) is 20.3 Å². The van der Waals surface area contributed by atoms with Gasteiger partial charge in [-0.3, -0.25) is 4.79 Å². The third kappa shape index (κ3) is 3.42. The molecule has 0 saturated heterocycles. The first kappa shape index (κ1) is 11.8. The van der Waals surface area contributed by atoms with Gasteiger partial charge in [-0.15, -0.1) is 0 Å². The second-order valence-electron chi connectivity index (χ2n) is 4.36. The lowest BCUT2D eigenvalue weighted by Gasteiger charge is -2.19. The van der Waals surface area contributed by atoms with Crippen LogP contribution in [0.15, 0.2) is 0 Å². The Hall–Kier alpha value is -1.26. The Morgan fingerprint density at radius 2 is 2.13 bits per heavy atom. The molecule has 0 aromatic carbocycles. The van der Waals surface area contributed by atoms with Crippen molar-refractivity contribution in [3.8, 4) is 0 Å². The third-order valence-electron chi connectivity index (χ3n) is 2.84. The second-order valence-corrected chi connectivity index (χ2v) is 4.36. The molecular weight excluding hydrogens is 196 g/mol. The first-order valence-corrected chi connectivity index (χ1v) is 5.16. The number of carboxylic acids is 1. The molecule has 5 nitrogen and oxygen atoms in total. The van der Waals surface area contributed by atoms with Gasteiger partial charge in [-0.25, -0.2) is 4.79 Å². The predicted molar refractivity (Wildman–Crippen MR) is 55.5 cm³/mol. The van der Waals surface area contributed by atoms with Crippen LogP contribution in [0.2, 0.25) is 0 Å². The number of aliphatic carboxylic acids is 1. The van der Waals surface area contributed by atoms with E-state index >= 15 is 0 Å². The highest BCUT2D eigenvalue weighted by atomic mass is 16.4. The van der Waals surface area contributed by atoms with E-state index in [0.717, 1.165) is 6.42 Å². The van der Waals surface area contributed by atoms with E-state index in [4.69, 9.17) is 5.11 Å². The molecule has 0 aromatic heterocycles. The number of carboxylic acid groups (broad SMARTS) is 1. The molecule has 0 aliphatic heterocycles. The summed E-state index contributed by atoms with van der Waals surface area (Å²) in [5.41, 5.74) is 0. The average molecular weight is 214 g/mol. The van der Waals surface area contributed by atoms with Crippen LogP contribution in [-0.4, -0.2) is 41.6 Å². The molecule has 1 fully saturated rings. The molecule has 15 heavy (non-hydrogen) atoms. The largest absolute Gasteiger partial charge is 0.480 e. The van der Waals surface area contributed by atoms with Gasteiger partial charge in [0.2, 0.25) is 0 Å². The minimum absolute atomic E-state index is 0.316. The maximum absolute atomic E-state index is 11.5. The molecule has 1 saturated carbocycles. The van der Waals surface area contributed by atoms with Gasteiger partial charge in [0.05, 0.1) is 0 Å². The molecule has 0 spiro atoms. The molecule has 86 valence electrons. The molecule has 5 heteroatoms. The average Bonchev–Trinajstić information content (AvgIpc) is 2.81. The molecule has 0 heterocycles. The standard InChI is InChI=1S/C10H18N2O3/c1-6-4-8(6)5-12(3)10(15)11-7(2)9(13)14/h6-8H,4-5H2,1-3H3,(H,11,15)(H,13,14). The fraction of sp³-hybridized carbons (Fsp3) is 0.800. The summed E-state index contributed by atoms with van der Waals surface area (Å²) in [6.45, 7) is 4.31. The summed E-state index contributed by atoms with van der Waals surface area (Å²) in [4.78, 5) is 23.5. The third-order valence-corrected chi connectivity index (χ3v) is 2.84. The molecule has 2 N–H and O–H groups in total. The molecule has 2 amide bonds. The first-order chi connectivity index (χ1) is 6.91. The smallest absolute Gasteiger partial charge is 0.325 e. The lowest BCUT2D eigenvalue weighted by molar-refractivity contribution is -0.138. The van der Waals surface area contributed by atoms with Crippen molar-refractivity contribution in [2.24, 2.45) is 11.8 Å². The molecule has 0 bridgehead atoms. The van der Waals surface area contributed by atoms with Crippen LogP contribution < -0.4 is 5.32 Å². The zero-order chi connectivity index (χ0) is 11.6. The number of urea groups is 1. The van der Waals surface area contributed by atoms with E-state index in [-0.39, 0.29) is 6.03 Å². The quantitative estimate of drug-likeness (QED) is 0.725. The summed E-state index contributed by atoms with van der Waals surface area (Å²) in [6, 6.07) is -1.15. The van der Waals surface area contributed by atoms with Gasteiger partial charge in [-0.1, -0.05) is 6.92 Å². The fourth-order valence-corrected chi connectivity index (χ4v) is 1.45. The van der Waals surface area contributed by atoms with Gasteiger partial charge in [0, 0.05) is 13.6 Å². The highest BCUT2D eigenvalue weighted by Gasteiger charge is 2.34. The van der Waals surface area contributed by atoms with Gasteiger partial charge in [0.25, 0.3) is 0 Å². The fourth-order valence-electron chi connectivity index (χ4n) is 1.45. The van der Waals surface area contributed by atoms with E-state index in [1.165, 1.54) is 6.92 Å². The summed E-state index contributed by atoms with van der Waals surface area (Å²) in [6.07, 6.45) is 1.16. The Kier molecular flexibility index (Phi) is 3.55.